The van der Waals surface area contributed by atoms with Gasteiger partial charge in [0.15, 0.2) is 0 Å². The molecule has 0 N–H and O–H groups in total. The Morgan fingerprint density at radius 3 is 1.20 bits per heavy atom. The first-order chi connectivity index (χ1) is 12.3. The van der Waals surface area contributed by atoms with Gasteiger partial charge in [-0.25, -0.2) is 0 Å². The van der Waals surface area contributed by atoms with Crippen LogP contribution in [0, 0.1) is 6.54 Å². The molecule has 0 unspecified atom stereocenters. The average Bonchev–Trinajstić information content (AvgIpc) is 2.63. The molecule has 0 heterocycles. The van der Waals surface area contributed by atoms with Crippen molar-refractivity contribution < 1.29 is 0 Å². The molecule has 0 aliphatic carbocycles. The van der Waals surface area contributed by atoms with Gasteiger partial charge < -0.3 is 0 Å². The highest BCUT2D eigenvalue weighted by Gasteiger charge is 2.03. The Morgan fingerprint density at radius 1 is 0.440 bits per heavy atom. The number of hydrogen-bond acceptors (Lipinski definition) is 1. The molecule has 25 heavy (non-hydrogen) atoms. The zero-order valence-electron chi connectivity index (χ0n) is 18.2. The van der Waals surface area contributed by atoms with Gasteiger partial charge in [-0.15, -0.1) is 0 Å². The van der Waals surface area contributed by atoms with Crippen LogP contribution >= 0.6 is 0 Å². The molecule has 1 radical (unpaired) electrons. The first kappa shape index (κ1) is 25.0. The maximum absolute atomic E-state index is 2.59. The van der Waals surface area contributed by atoms with E-state index < -0.39 is 0 Å². The summed E-state index contributed by atoms with van der Waals surface area (Å²) in [7, 11) is 0. The third kappa shape index (κ3) is 20.1. The van der Waals surface area contributed by atoms with E-state index in [1.165, 1.54) is 129 Å². The fourth-order valence-corrected chi connectivity index (χ4v) is 3.45. The number of hydrogen-bond donors (Lipinski definition) is 0. The molecule has 0 aliphatic rings. The van der Waals surface area contributed by atoms with Crippen molar-refractivity contribution in [3.63, 3.8) is 0 Å². The fraction of sp³-hybridized carbons (Fsp3) is 0.958. The van der Waals surface area contributed by atoms with Gasteiger partial charge in [0, 0.05) is 6.54 Å². The van der Waals surface area contributed by atoms with Gasteiger partial charge in [-0.05, 0) is 32.4 Å². The van der Waals surface area contributed by atoms with Gasteiger partial charge in [0.05, 0.1) is 0 Å². The standard InChI is InChI=1S/C24H50N/c1-4-7-10-11-12-13-14-15-16-17-18-19-20-21-24-25(22-8-5-2)23-9-6-3/h24H,4-23H2,1-3H3. The van der Waals surface area contributed by atoms with Crippen molar-refractivity contribution in [2.75, 3.05) is 13.1 Å². The van der Waals surface area contributed by atoms with Crippen LogP contribution in [0.5, 0.6) is 0 Å². The summed E-state index contributed by atoms with van der Waals surface area (Å²) in [5.41, 5.74) is 0. The van der Waals surface area contributed by atoms with E-state index in [0.29, 0.717) is 0 Å². The van der Waals surface area contributed by atoms with Crippen molar-refractivity contribution in [2.45, 2.75) is 136 Å². The Hall–Kier alpha value is -0.0400. The van der Waals surface area contributed by atoms with Crippen molar-refractivity contribution >= 4 is 0 Å². The predicted molar refractivity (Wildman–Crippen MR) is 116 cm³/mol. The summed E-state index contributed by atoms with van der Waals surface area (Å²) in [6.45, 7) is 11.9. The van der Waals surface area contributed by atoms with Crippen LogP contribution in [0.3, 0.4) is 0 Å². The van der Waals surface area contributed by atoms with E-state index in [0.717, 1.165) is 0 Å². The zero-order valence-corrected chi connectivity index (χ0v) is 18.2. The van der Waals surface area contributed by atoms with Crippen LogP contribution in [0.4, 0.5) is 0 Å². The summed E-state index contributed by atoms with van der Waals surface area (Å²) < 4.78 is 0. The van der Waals surface area contributed by atoms with Crippen molar-refractivity contribution in [3.8, 4) is 0 Å². The first-order valence-electron chi connectivity index (χ1n) is 11.9. The van der Waals surface area contributed by atoms with Gasteiger partial charge in [-0.3, -0.25) is 4.90 Å². The summed E-state index contributed by atoms with van der Waals surface area (Å²) in [6.07, 6.45) is 25.5. The van der Waals surface area contributed by atoms with E-state index in [-0.39, 0.29) is 0 Å². The molecule has 0 spiro atoms. The lowest BCUT2D eigenvalue weighted by Gasteiger charge is -2.21. The smallest absolute Gasteiger partial charge is 0.0251 e. The lowest BCUT2D eigenvalue weighted by molar-refractivity contribution is 0.309. The fourth-order valence-electron chi connectivity index (χ4n) is 3.45. The minimum atomic E-state index is 1.27. The van der Waals surface area contributed by atoms with Gasteiger partial charge >= 0.3 is 0 Å². The van der Waals surface area contributed by atoms with Crippen LogP contribution in [0.2, 0.25) is 0 Å². The van der Waals surface area contributed by atoms with E-state index in [1.54, 1.807) is 0 Å². The van der Waals surface area contributed by atoms with E-state index in [9.17, 15) is 0 Å². The van der Waals surface area contributed by atoms with Gasteiger partial charge in [-0.2, -0.15) is 0 Å². The average molecular weight is 353 g/mol. The monoisotopic (exact) mass is 352 g/mol. The highest BCUT2D eigenvalue weighted by Crippen LogP contribution is 2.14. The molecular weight excluding hydrogens is 302 g/mol. The molecule has 0 fully saturated rings. The third-order valence-electron chi connectivity index (χ3n) is 5.29. The number of nitrogens with zero attached hydrogens (tertiary/aromatic N) is 1. The molecule has 0 atom stereocenters. The van der Waals surface area contributed by atoms with Gasteiger partial charge in [0.25, 0.3) is 0 Å². The van der Waals surface area contributed by atoms with Crippen LogP contribution in [-0.2, 0) is 0 Å². The van der Waals surface area contributed by atoms with Crippen LogP contribution < -0.4 is 0 Å². The first-order valence-corrected chi connectivity index (χ1v) is 11.9. The second kappa shape index (κ2) is 22.0. The maximum Gasteiger partial charge on any atom is 0.0251 e. The molecule has 0 aromatic heterocycles. The molecule has 0 saturated heterocycles. The topological polar surface area (TPSA) is 3.24 Å². The summed E-state index contributed by atoms with van der Waals surface area (Å²) in [5, 5.41) is 0. The normalized spacial score (nSPS) is 11.5. The van der Waals surface area contributed by atoms with Crippen LogP contribution in [0.1, 0.15) is 136 Å². The Bertz CT molecular complexity index is 218. The Balaban J connectivity index is 3.27. The van der Waals surface area contributed by atoms with Crippen molar-refractivity contribution in [2.24, 2.45) is 0 Å². The summed E-state index contributed by atoms with van der Waals surface area (Å²) in [4.78, 5) is 2.59. The molecule has 0 rings (SSSR count). The van der Waals surface area contributed by atoms with Crippen molar-refractivity contribution in [1.29, 1.82) is 0 Å². The number of unbranched alkanes of at least 4 members (excludes halogenated alkanes) is 15. The van der Waals surface area contributed by atoms with Gasteiger partial charge in [0.2, 0.25) is 0 Å². The molecule has 0 amide bonds. The molecule has 0 aliphatic heterocycles. The predicted octanol–water partition coefficient (Wildman–Crippen LogP) is 8.53. The molecule has 1 heteroatoms. The SMILES string of the molecule is CCCCCCCCCCCCCCC[CH]N(CCCC)CCCC. The Kier molecular flexibility index (Phi) is 22.0. The van der Waals surface area contributed by atoms with Crippen LogP contribution in [0.15, 0.2) is 0 Å². The highest BCUT2D eigenvalue weighted by atomic mass is 15.1. The summed E-state index contributed by atoms with van der Waals surface area (Å²) in [6, 6.07) is 0. The van der Waals surface area contributed by atoms with Crippen molar-refractivity contribution in [1.82, 2.24) is 4.90 Å². The lowest BCUT2D eigenvalue weighted by Crippen LogP contribution is -2.23. The second-order valence-corrected chi connectivity index (χ2v) is 7.96. The molecule has 151 valence electrons. The van der Waals surface area contributed by atoms with Gasteiger partial charge in [0.1, 0.15) is 0 Å². The van der Waals surface area contributed by atoms with E-state index in [1.807, 2.05) is 0 Å². The maximum atomic E-state index is 2.59. The quantitative estimate of drug-likeness (QED) is 0.187. The lowest BCUT2D eigenvalue weighted by atomic mass is 10.0. The summed E-state index contributed by atoms with van der Waals surface area (Å²) >= 11 is 0. The molecule has 1 nitrogen and oxygen atoms in total. The minimum Gasteiger partial charge on any atom is -0.299 e. The third-order valence-corrected chi connectivity index (χ3v) is 5.29. The molecule has 0 aromatic rings. The molecule has 0 bridgehead atoms. The molecular formula is C24H50N. The summed E-state index contributed by atoms with van der Waals surface area (Å²) in [5.74, 6) is 0. The van der Waals surface area contributed by atoms with Crippen molar-refractivity contribution in [3.05, 3.63) is 6.54 Å². The van der Waals surface area contributed by atoms with Gasteiger partial charge in [-0.1, -0.05) is 117 Å². The van der Waals surface area contributed by atoms with Crippen LogP contribution in [-0.4, -0.2) is 18.0 Å². The van der Waals surface area contributed by atoms with E-state index in [4.69, 9.17) is 0 Å². The minimum absolute atomic E-state index is 1.27. The van der Waals surface area contributed by atoms with Crippen LogP contribution in [0.25, 0.3) is 0 Å². The largest absolute Gasteiger partial charge is 0.299 e. The Morgan fingerprint density at radius 2 is 0.800 bits per heavy atom. The molecule has 0 aromatic carbocycles. The second-order valence-electron chi connectivity index (χ2n) is 7.96. The molecule has 0 saturated carbocycles. The Labute approximate surface area is 161 Å². The van der Waals surface area contributed by atoms with E-state index >= 15 is 0 Å². The van der Waals surface area contributed by atoms with E-state index in [2.05, 4.69) is 32.2 Å². The highest BCUT2D eigenvalue weighted by molar-refractivity contribution is 4.69. The zero-order chi connectivity index (χ0) is 18.4. The number of rotatable bonds is 21.